The number of fused-ring (bicyclic) bond motifs is 1. The summed E-state index contributed by atoms with van der Waals surface area (Å²) in [5.74, 6) is -0.287. The molecule has 0 amide bonds. The molecule has 1 aromatic heterocycles. The molecule has 3 aromatic carbocycles. The smallest absolute Gasteiger partial charge is 0.312 e. The van der Waals surface area contributed by atoms with E-state index in [1.54, 1.807) is 24.3 Å². The van der Waals surface area contributed by atoms with Gasteiger partial charge in [-0.3, -0.25) is 25.0 Å². The maximum absolute atomic E-state index is 13.1. The van der Waals surface area contributed by atoms with Gasteiger partial charge in [0.15, 0.2) is 17.4 Å². The van der Waals surface area contributed by atoms with Gasteiger partial charge in [-0.25, -0.2) is 18.4 Å². The minimum atomic E-state index is -4.39. The third-order valence-corrected chi connectivity index (χ3v) is 6.52. The largest absolute Gasteiger partial charge is 0.490 e. The number of ether oxygens (including phenoxy) is 1. The Morgan fingerprint density at radius 1 is 0.889 bits per heavy atom. The number of nitro groups is 2. The number of aromatic nitrogens is 2. The van der Waals surface area contributed by atoms with Gasteiger partial charge in [-0.15, -0.1) is 0 Å². The molecule has 0 bridgehead atoms. The van der Waals surface area contributed by atoms with E-state index in [0.717, 1.165) is 18.2 Å². The van der Waals surface area contributed by atoms with Crippen LogP contribution in [0.1, 0.15) is 0 Å². The standard InChI is InChI=1S/C21H15ClN6O7S/c1-35-19-9-6-12(10-18(19)28(31)32)23-20-21(25-16-5-3-2-4-15(16)24-20)26-36(33,34)13-7-8-14(22)17(11-13)27(29)30/h2-11H,1H3,(H,23,24)(H,25,26). The summed E-state index contributed by atoms with van der Waals surface area (Å²) in [6.45, 7) is 0. The topological polar surface area (TPSA) is 179 Å². The number of benzene rings is 3. The summed E-state index contributed by atoms with van der Waals surface area (Å²) in [6, 6.07) is 13.7. The lowest BCUT2D eigenvalue weighted by Crippen LogP contribution is -2.16. The maximum atomic E-state index is 13.1. The third kappa shape index (κ3) is 4.94. The number of para-hydroxylation sites is 2. The van der Waals surface area contributed by atoms with Crippen molar-refractivity contribution in [1.29, 1.82) is 0 Å². The van der Waals surface area contributed by atoms with Gasteiger partial charge in [0.25, 0.3) is 15.7 Å². The van der Waals surface area contributed by atoms with Crippen LogP contribution in [0, 0.1) is 20.2 Å². The van der Waals surface area contributed by atoms with Crippen molar-refractivity contribution in [1.82, 2.24) is 9.97 Å². The zero-order valence-corrected chi connectivity index (χ0v) is 19.8. The van der Waals surface area contributed by atoms with Crippen LogP contribution in [0.2, 0.25) is 5.02 Å². The Hall–Kier alpha value is -4.56. The normalized spacial score (nSPS) is 11.2. The van der Waals surface area contributed by atoms with E-state index < -0.39 is 30.5 Å². The number of rotatable bonds is 8. The molecule has 4 rings (SSSR count). The lowest BCUT2D eigenvalue weighted by molar-refractivity contribution is -0.385. The summed E-state index contributed by atoms with van der Waals surface area (Å²) < 4.78 is 33.4. The number of nitro benzene ring substituents is 2. The van der Waals surface area contributed by atoms with Gasteiger partial charge in [0.1, 0.15) is 5.02 Å². The zero-order valence-electron chi connectivity index (χ0n) is 18.2. The molecule has 184 valence electrons. The molecule has 1 heterocycles. The summed E-state index contributed by atoms with van der Waals surface area (Å²) in [5, 5.41) is 25.2. The first kappa shape index (κ1) is 24.6. The van der Waals surface area contributed by atoms with Gasteiger partial charge in [-0.2, -0.15) is 0 Å². The number of halogens is 1. The predicted octanol–water partition coefficient (Wildman–Crippen LogP) is 4.65. The fraction of sp³-hybridized carbons (Fsp3) is 0.0476. The van der Waals surface area contributed by atoms with E-state index in [0.29, 0.717) is 11.0 Å². The summed E-state index contributed by atoms with van der Waals surface area (Å²) in [6.07, 6.45) is 0. The van der Waals surface area contributed by atoms with Crippen LogP contribution in [0.15, 0.2) is 65.6 Å². The van der Waals surface area contributed by atoms with Gasteiger partial charge in [-0.05, 0) is 36.4 Å². The van der Waals surface area contributed by atoms with E-state index in [9.17, 15) is 28.6 Å². The van der Waals surface area contributed by atoms with E-state index in [1.807, 2.05) is 0 Å². The summed E-state index contributed by atoms with van der Waals surface area (Å²) in [5.41, 5.74) is 0.0474. The Balaban J connectivity index is 1.79. The monoisotopic (exact) mass is 530 g/mol. The van der Waals surface area contributed by atoms with Crippen LogP contribution >= 0.6 is 11.6 Å². The van der Waals surface area contributed by atoms with E-state index >= 15 is 0 Å². The van der Waals surface area contributed by atoms with Crippen molar-refractivity contribution in [2.45, 2.75) is 4.90 Å². The third-order valence-electron chi connectivity index (χ3n) is 4.86. The number of nitrogens with zero attached hydrogens (tertiary/aromatic N) is 4. The molecule has 0 atom stereocenters. The van der Waals surface area contributed by atoms with Crippen molar-refractivity contribution in [3.05, 3.63) is 85.9 Å². The van der Waals surface area contributed by atoms with Crippen LogP contribution < -0.4 is 14.8 Å². The molecule has 4 aromatic rings. The lowest BCUT2D eigenvalue weighted by atomic mass is 10.2. The fourth-order valence-electron chi connectivity index (χ4n) is 3.19. The van der Waals surface area contributed by atoms with Gasteiger partial charge in [0.2, 0.25) is 0 Å². The van der Waals surface area contributed by atoms with Gasteiger partial charge >= 0.3 is 5.69 Å². The molecule has 0 aliphatic rings. The van der Waals surface area contributed by atoms with Crippen LogP contribution in [0.3, 0.4) is 0 Å². The quantitative estimate of drug-likeness (QED) is 0.240. The van der Waals surface area contributed by atoms with E-state index in [-0.39, 0.29) is 33.8 Å². The molecule has 36 heavy (non-hydrogen) atoms. The molecule has 0 saturated carbocycles. The number of methoxy groups -OCH3 is 1. The van der Waals surface area contributed by atoms with Crippen molar-refractivity contribution in [3.63, 3.8) is 0 Å². The molecule has 0 aliphatic carbocycles. The highest BCUT2D eigenvalue weighted by molar-refractivity contribution is 7.92. The van der Waals surface area contributed by atoms with Crippen LogP contribution in [0.25, 0.3) is 11.0 Å². The second kappa shape index (κ2) is 9.59. The van der Waals surface area contributed by atoms with Gasteiger partial charge in [0, 0.05) is 17.8 Å². The Morgan fingerprint density at radius 3 is 2.14 bits per heavy atom. The highest BCUT2D eigenvalue weighted by Crippen LogP contribution is 2.33. The molecular weight excluding hydrogens is 516 g/mol. The molecule has 0 spiro atoms. The maximum Gasteiger partial charge on any atom is 0.312 e. The van der Waals surface area contributed by atoms with Crippen molar-refractivity contribution >= 4 is 61.4 Å². The molecule has 0 radical (unpaired) electrons. The van der Waals surface area contributed by atoms with Crippen molar-refractivity contribution < 1.29 is 23.0 Å². The SMILES string of the molecule is COc1ccc(Nc2nc3ccccc3nc2NS(=O)(=O)c2ccc(Cl)c([N+](=O)[O-])c2)cc1[N+](=O)[O-]. The number of hydrogen-bond donors (Lipinski definition) is 2. The average Bonchev–Trinajstić information content (AvgIpc) is 2.84. The van der Waals surface area contributed by atoms with Crippen molar-refractivity contribution in [2.24, 2.45) is 0 Å². The summed E-state index contributed by atoms with van der Waals surface area (Å²) >= 11 is 5.79. The van der Waals surface area contributed by atoms with Crippen LogP contribution in [-0.4, -0.2) is 35.3 Å². The molecule has 0 unspecified atom stereocenters. The number of hydrogen-bond acceptors (Lipinski definition) is 10. The molecular formula is C21H15ClN6O7S. The number of sulfonamides is 1. The minimum Gasteiger partial charge on any atom is -0.490 e. The second-order valence-electron chi connectivity index (χ2n) is 7.15. The molecule has 13 nitrogen and oxygen atoms in total. The van der Waals surface area contributed by atoms with Crippen LogP contribution in [0.5, 0.6) is 5.75 Å². The number of nitrogens with one attached hydrogen (secondary N) is 2. The van der Waals surface area contributed by atoms with E-state index in [2.05, 4.69) is 20.0 Å². The van der Waals surface area contributed by atoms with Crippen LogP contribution in [-0.2, 0) is 10.0 Å². The van der Waals surface area contributed by atoms with Gasteiger partial charge in [0.05, 0.1) is 32.9 Å². The van der Waals surface area contributed by atoms with Crippen molar-refractivity contribution in [2.75, 3.05) is 17.1 Å². The highest BCUT2D eigenvalue weighted by Gasteiger charge is 2.24. The predicted molar refractivity (Wildman–Crippen MR) is 131 cm³/mol. The zero-order chi connectivity index (χ0) is 26.0. The summed E-state index contributed by atoms with van der Waals surface area (Å²) in [7, 11) is -3.10. The number of anilines is 3. The van der Waals surface area contributed by atoms with Gasteiger partial charge < -0.3 is 10.1 Å². The Labute approximate surface area is 208 Å². The highest BCUT2D eigenvalue weighted by atomic mass is 35.5. The Kier molecular flexibility index (Phi) is 6.55. The first-order valence-corrected chi connectivity index (χ1v) is 11.8. The van der Waals surface area contributed by atoms with Crippen molar-refractivity contribution in [3.8, 4) is 5.75 Å². The molecule has 15 heteroatoms. The van der Waals surface area contributed by atoms with E-state index in [4.69, 9.17) is 16.3 Å². The molecule has 0 aliphatic heterocycles. The first-order chi connectivity index (χ1) is 17.1. The average molecular weight is 531 g/mol. The molecule has 2 N–H and O–H groups in total. The molecule has 0 fully saturated rings. The van der Waals surface area contributed by atoms with Crippen LogP contribution in [0.4, 0.5) is 28.7 Å². The summed E-state index contributed by atoms with van der Waals surface area (Å²) in [4.78, 5) is 29.4. The first-order valence-electron chi connectivity index (χ1n) is 9.92. The fourth-order valence-corrected chi connectivity index (χ4v) is 4.41. The molecule has 0 saturated heterocycles. The Morgan fingerprint density at radius 2 is 1.53 bits per heavy atom. The lowest BCUT2D eigenvalue weighted by Gasteiger charge is -2.14. The minimum absolute atomic E-state index is 0.0282. The second-order valence-corrected chi connectivity index (χ2v) is 9.24. The Bertz CT molecular complexity index is 1630. The van der Waals surface area contributed by atoms with Gasteiger partial charge in [-0.1, -0.05) is 23.7 Å². The van der Waals surface area contributed by atoms with E-state index in [1.165, 1.54) is 25.3 Å².